The predicted molar refractivity (Wildman–Crippen MR) is 153 cm³/mol. The maximum Gasteiger partial charge on any atom is 0.264 e. The molecule has 3 aromatic rings. The normalized spacial score (nSPS) is 11.9. The van der Waals surface area contributed by atoms with Crippen molar-refractivity contribution >= 4 is 39.1 Å². The Balaban J connectivity index is 2.01. The molecule has 0 fully saturated rings. The Labute approximate surface area is 239 Å². The number of hydrogen-bond acceptors (Lipinski definition) is 5. The molecular formula is C29H33ClFN3O5S. The second-order valence-electron chi connectivity index (χ2n) is 9.01. The van der Waals surface area contributed by atoms with Crippen molar-refractivity contribution in [2.45, 2.75) is 44.7 Å². The molecule has 1 N–H and O–H groups in total. The lowest BCUT2D eigenvalue weighted by Gasteiger charge is -2.32. The van der Waals surface area contributed by atoms with Gasteiger partial charge in [-0.15, -0.1) is 0 Å². The summed E-state index contributed by atoms with van der Waals surface area (Å²) in [5.41, 5.74) is 0.814. The van der Waals surface area contributed by atoms with Crippen LogP contribution in [0.5, 0.6) is 5.75 Å². The van der Waals surface area contributed by atoms with E-state index in [0.717, 1.165) is 4.31 Å². The Morgan fingerprint density at radius 3 is 2.17 bits per heavy atom. The van der Waals surface area contributed by atoms with Crippen LogP contribution in [-0.2, 0) is 26.2 Å². The molecule has 0 aliphatic carbocycles. The minimum atomic E-state index is -4.23. The van der Waals surface area contributed by atoms with E-state index >= 15 is 0 Å². The lowest BCUT2D eigenvalue weighted by molar-refractivity contribution is -0.139. The third-order valence-corrected chi connectivity index (χ3v) is 8.14. The van der Waals surface area contributed by atoms with Crippen molar-refractivity contribution in [2.75, 3.05) is 24.0 Å². The number of rotatable bonds is 13. The Morgan fingerprint density at radius 2 is 1.60 bits per heavy atom. The molecule has 0 saturated heterocycles. The summed E-state index contributed by atoms with van der Waals surface area (Å²) in [6.07, 6.45) is 0.704. The fraction of sp³-hybridized carbons (Fsp3) is 0.310. The molecule has 214 valence electrons. The van der Waals surface area contributed by atoms with Gasteiger partial charge in [0.15, 0.2) is 0 Å². The molecule has 11 heteroatoms. The first-order valence-corrected chi connectivity index (χ1v) is 14.7. The number of carbonyl (C=O) groups excluding carboxylic acids is 2. The minimum absolute atomic E-state index is 0.0298. The maximum absolute atomic E-state index is 13.8. The van der Waals surface area contributed by atoms with Crippen LogP contribution in [0.1, 0.15) is 32.8 Å². The number of ether oxygens (including phenoxy) is 1. The van der Waals surface area contributed by atoms with E-state index in [-0.39, 0.29) is 23.0 Å². The van der Waals surface area contributed by atoms with E-state index in [1.807, 2.05) is 13.8 Å². The van der Waals surface area contributed by atoms with Gasteiger partial charge in [0.2, 0.25) is 11.8 Å². The molecule has 3 rings (SSSR count). The molecule has 0 heterocycles. The van der Waals surface area contributed by atoms with Gasteiger partial charge in [-0.3, -0.25) is 13.9 Å². The fourth-order valence-electron chi connectivity index (χ4n) is 3.90. The number of halogens is 2. The molecule has 8 nitrogen and oxygen atoms in total. The molecular weight excluding hydrogens is 557 g/mol. The van der Waals surface area contributed by atoms with Crippen LogP contribution in [0.25, 0.3) is 0 Å². The zero-order chi connectivity index (χ0) is 29.3. The van der Waals surface area contributed by atoms with Crippen LogP contribution in [0.15, 0.2) is 77.7 Å². The van der Waals surface area contributed by atoms with E-state index in [1.165, 1.54) is 53.4 Å². The molecule has 0 saturated carbocycles. The molecule has 0 aromatic heterocycles. The van der Waals surface area contributed by atoms with Gasteiger partial charge in [-0.1, -0.05) is 30.7 Å². The monoisotopic (exact) mass is 589 g/mol. The first-order valence-electron chi connectivity index (χ1n) is 12.9. The number of benzene rings is 3. The van der Waals surface area contributed by atoms with Gasteiger partial charge in [0.1, 0.15) is 24.2 Å². The van der Waals surface area contributed by atoms with Crippen LogP contribution in [0.3, 0.4) is 0 Å². The Morgan fingerprint density at radius 1 is 0.975 bits per heavy atom. The average molecular weight is 590 g/mol. The second-order valence-corrected chi connectivity index (χ2v) is 11.3. The summed E-state index contributed by atoms with van der Waals surface area (Å²) in [5.74, 6) is -0.896. The van der Waals surface area contributed by atoms with Crippen LogP contribution < -0.4 is 14.4 Å². The van der Waals surface area contributed by atoms with E-state index < -0.39 is 34.3 Å². The summed E-state index contributed by atoms with van der Waals surface area (Å²) in [6, 6.07) is 16.6. The van der Waals surface area contributed by atoms with Crippen molar-refractivity contribution in [3.63, 3.8) is 0 Å². The van der Waals surface area contributed by atoms with Gasteiger partial charge in [0.05, 0.1) is 17.2 Å². The zero-order valence-electron chi connectivity index (χ0n) is 22.6. The first-order chi connectivity index (χ1) is 19.1. The van der Waals surface area contributed by atoms with Crippen LogP contribution in [0.4, 0.5) is 10.1 Å². The van der Waals surface area contributed by atoms with Crippen LogP contribution in [0.2, 0.25) is 5.02 Å². The molecule has 0 unspecified atom stereocenters. The zero-order valence-corrected chi connectivity index (χ0v) is 24.2. The van der Waals surface area contributed by atoms with Crippen molar-refractivity contribution in [1.29, 1.82) is 0 Å². The number of amides is 2. The summed E-state index contributed by atoms with van der Waals surface area (Å²) in [4.78, 5) is 27.9. The average Bonchev–Trinajstić information content (AvgIpc) is 2.94. The van der Waals surface area contributed by atoms with Crippen molar-refractivity contribution in [1.82, 2.24) is 10.2 Å². The number of hydrogen-bond donors (Lipinski definition) is 1. The minimum Gasteiger partial charge on any atom is -0.494 e. The van der Waals surface area contributed by atoms with Gasteiger partial charge in [-0.05, 0) is 86.5 Å². The highest BCUT2D eigenvalue weighted by Crippen LogP contribution is 2.27. The fourth-order valence-corrected chi connectivity index (χ4v) is 5.44. The third kappa shape index (κ3) is 7.95. The van der Waals surface area contributed by atoms with Crippen molar-refractivity contribution < 1.29 is 27.1 Å². The SMILES string of the molecule is CCCNC(=O)[C@H](C)N(Cc1ccc(F)cc1)C(=O)CN(c1ccc(OCC)cc1)S(=O)(=O)c1ccc(Cl)cc1. The van der Waals surface area contributed by atoms with Crippen LogP contribution in [0, 0.1) is 5.82 Å². The van der Waals surface area contributed by atoms with Gasteiger partial charge in [0, 0.05) is 18.1 Å². The maximum atomic E-state index is 13.8. The van der Waals surface area contributed by atoms with E-state index in [2.05, 4.69) is 5.32 Å². The standard InChI is InChI=1S/C29H33ClFN3O5S/c1-4-18-32-29(36)21(3)33(19-22-6-10-24(31)11-7-22)28(35)20-34(25-12-14-26(15-13-25)39-5-2)40(37,38)27-16-8-23(30)9-17-27/h6-17,21H,4-5,18-20H2,1-3H3,(H,32,36)/t21-/m0/s1. The molecule has 3 aromatic carbocycles. The van der Waals surface area contributed by atoms with Gasteiger partial charge < -0.3 is 15.0 Å². The highest BCUT2D eigenvalue weighted by Gasteiger charge is 2.32. The van der Waals surface area contributed by atoms with Crippen molar-refractivity contribution in [3.05, 3.63) is 89.2 Å². The number of sulfonamides is 1. The third-order valence-electron chi connectivity index (χ3n) is 6.10. The Kier molecular flexibility index (Phi) is 10.9. The van der Waals surface area contributed by atoms with E-state index in [1.54, 1.807) is 31.2 Å². The van der Waals surface area contributed by atoms with Gasteiger partial charge >= 0.3 is 0 Å². The molecule has 0 spiro atoms. The van der Waals surface area contributed by atoms with Crippen molar-refractivity contribution in [3.8, 4) is 5.75 Å². The second kappa shape index (κ2) is 14.1. The van der Waals surface area contributed by atoms with Crippen molar-refractivity contribution in [2.24, 2.45) is 0 Å². The molecule has 0 radical (unpaired) electrons. The van der Waals surface area contributed by atoms with Gasteiger partial charge in [-0.2, -0.15) is 0 Å². The lowest BCUT2D eigenvalue weighted by atomic mass is 10.1. The van der Waals surface area contributed by atoms with E-state index in [9.17, 15) is 22.4 Å². The summed E-state index contributed by atoms with van der Waals surface area (Å²) < 4.78 is 47.6. The highest BCUT2D eigenvalue weighted by molar-refractivity contribution is 7.92. The number of anilines is 1. The van der Waals surface area contributed by atoms with E-state index in [4.69, 9.17) is 16.3 Å². The Hall–Kier alpha value is -3.63. The van der Waals surface area contributed by atoms with E-state index in [0.29, 0.717) is 35.9 Å². The van der Waals surface area contributed by atoms with Gasteiger partial charge in [0.25, 0.3) is 10.0 Å². The molecule has 0 aliphatic heterocycles. The van der Waals surface area contributed by atoms with Gasteiger partial charge in [-0.25, -0.2) is 12.8 Å². The largest absolute Gasteiger partial charge is 0.494 e. The molecule has 40 heavy (non-hydrogen) atoms. The smallest absolute Gasteiger partial charge is 0.264 e. The molecule has 2 amide bonds. The highest BCUT2D eigenvalue weighted by atomic mass is 35.5. The summed E-state index contributed by atoms with van der Waals surface area (Å²) in [5, 5.41) is 3.14. The number of carbonyl (C=O) groups is 2. The number of nitrogens with zero attached hydrogens (tertiary/aromatic N) is 2. The lowest BCUT2D eigenvalue weighted by Crippen LogP contribution is -2.51. The summed E-state index contributed by atoms with van der Waals surface area (Å²) in [6.45, 7) is 5.54. The summed E-state index contributed by atoms with van der Waals surface area (Å²) >= 11 is 5.97. The van der Waals surface area contributed by atoms with Crippen LogP contribution >= 0.6 is 11.6 Å². The number of nitrogens with one attached hydrogen (secondary N) is 1. The van der Waals surface area contributed by atoms with Crippen LogP contribution in [-0.4, -0.2) is 50.9 Å². The Bertz CT molecular complexity index is 1380. The molecule has 0 aliphatic rings. The molecule has 1 atom stereocenters. The summed E-state index contributed by atoms with van der Waals surface area (Å²) in [7, 11) is -4.23. The predicted octanol–water partition coefficient (Wildman–Crippen LogP) is 5.02. The quantitative estimate of drug-likeness (QED) is 0.302. The first kappa shape index (κ1) is 30.9. The topological polar surface area (TPSA) is 96.0 Å². The molecule has 0 bridgehead atoms.